The van der Waals surface area contributed by atoms with Crippen molar-refractivity contribution in [3.63, 3.8) is 0 Å². The summed E-state index contributed by atoms with van der Waals surface area (Å²) in [6.07, 6.45) is 8.79. The molecule has 0 spiro atoms. The summed E-state index contributed by atoms with van der Waals surface area (Å²) in [5.41, 5.74) is 0. The average molecular weight is 508 g/mol. The lowest BCUT2D eigenvalue weighted by Crippen LogP contribution is -2.67. The molecule has 1 N–H and O–H groups in total. The van der Waals surface area contributed by atoms with E-state index in [-0.39, 0.29) is 11.1 Å². The molecule has 0 radical (unpaired) electrons. The van der Waals surface area contributed by atoms with Crippen molar-refractivity contribution in [3.05, 3.63) is 72.8 Å². The Hall–Kier alpha value is -1.10. The second kappa shape index (κ2) is 14.3. The van der Waals surface area contributed by atoms with E-state index >= 15 is 0 Å². The van der Waals surface area contributed by atoms with Gasteiger partial charge < -0.3 is 9.53 Å². The molecule has 0 saturated carbocycles. The van der Waals surface area contributed by atoms with E-state index in [1.54, 1.807) is 0 Å². The maximum atomic E-state index is 10.5. The second-order valence-corrected chi connectivity index (χ2v) is 14.7. The topological polar surface area (TPSA) is 29.5 Å². The summed E-state index contributed by atoms with van der Waals surface area (Å²) in [6, 6.07) is 21.4. The molecule has 0 heterocycles. The van der Waals surface area contributed by atoms with Gasteiger partial charge in [0.15, 0.2) is 0 Å². The van der Waals surface area contributed by atoms with Crippen LogP contribution in [0.3, 0.4) is 0 Å². The molecule has 2 atom stereocenters. The van der Waals surface area contributed by atoms with Crippen LogP contribution in [-0.4, -0.2) is 37.4 Å². The summed E-state index contributed by atoms with van der Waals surface area (Å²) in [4.78, 5) is 0. The maximum absolute atomic E-state index is 10.5. The summed E-state index contributed by atoms with van der Waals surface area (Å²) >= 11 is 11.8. The quantitative estimate of drug-likeness (QED) is 0.134. The van der Waals surface area contributed by atoms with E-state index in [4.69, 9.17) is 27.6 Å². The Morgan fingerprint density at radius 3 is 1.73 bits per heavy atom. The highest BCUT2D eigenvalue weighted by atomic mass is 35.5. The summed E-state index contributed by atoms with van der Waals surface area (Å²) in [6.45, 7) is 6.87. The highest BCUT2D eigenvalue weighted by Crippen LogP contribution is 2.38. The lowest BCUT2D eigenvalue weighted by atomic mass is 10.1. The lowest BCUT2D eigenvalue weighted by Gasteiger charge is -2.45. The highest BCUT2D eigenvalue weighted by Gasteiger charge is 2.51. The van der Waals surface area contributed by atoms with E-state index in [0.717, 1.165) is 38.5 Å². The number of alkyl halides is 2. The monoisotopic (exact) mass is 506 g/mol. The van der Waals surface area contributed by atoms with Crippen LogP contribution < -0.4 is 10.4 Å². The molecule has 0 unspecified atom stereocenters. The number of aliphatic hydroxyl groups is 1. The van der Waals surface area contributed by atoms with Gasteiger partial charge in [0.2, 0.25) is 0 Å². The minimum absolute atomic E-state index is 0.0900. The summed E-state index contributed by atoms with van der Waals surface area (Å²) in [7, 11) is -2.66. The normalized spacial score (nSPS) is 14.5. The Balaban J connectivity index is 2.46. The van der Waals surface area contributed by atoms with Crippen molar-refractivity contribution in [1.82, 2.24) is 0 Å². The van der Waals surface area contributed by atoms with Gasteiger partial charge in [0, 0.05) is 11.8 Å². The molecule has 0 aliphatic heterocycles. The fourth-order valence-electron chi connectivity index (χ4n) is 4.35. The molecule has 2 aromatic rings. The number of hydrogen-bond donors (Lipinski definition) is 1. The van der Waals surface area contributed by atoms with Crippen LogP contribution in [0, 0.1) is 0 Å². The second-order valence-electron chi connectivity index (χ2n) is 9.64. The first kappa shape index (κ1) is 28.1. The van der Waals surface area contributed by atoms with Crippen LogP contribution in [0.2, 0.25) is 5.04 Å². The molecule has 0 aliphatic carbocycles. The largest absolute Gasteiger partial charge is 0.401 e. The van der Waals surface area contributed by atoms with Gasteiger partial charge in [-0.05, 0) is 53.9 Å². The molecule has 2 nitrogen and oxygen atoms in total. The molecule has 0 fully saturated rings. The average Bonchev–Trinajstić information content (AvgIpc) is 2.81. The first-order chi connectivity index (χ1) is 15.8. The fraction of sp³-hybridized carbons (Fsp3) is 0.500. The number of benzene rings is 2. The molecular weight excluding hydrogens is 467 g/mol. The Morgan fingerprint density at radius 1 is 0.788 bits per heavy atom. The van der Waals surface area contributed by atoms with Crippen molar-refractivity contribution >= 4 is 41.9 Å². The van der Waals surface area contributed by atoms with E-state index < -0.39 is 14.4 Å². The van der Waals surface area contributed by atoms with E-state index in [1.165, 1.54) is 10.4 Å². The van der Waals surface area contributed by atoms with Gasteiger partial charge in [-0.3, -0.25) is 0 Å². The van der Waals surface area contributed by atoms with Crippen molar-refractivity contribution in [3.8, 4) is 0 Å². The molecule has 182 valence electrons. The van der Waals surface area contributed by atoms with Crippen LogP contribution in [-0.2, 0) is 4.43 Å². The number of aliphatic hydroxyl groups excluding tert-OH is 1. The molecule has 33 heavy (non-hydrogen) atoms. The van der Waals surface area contributed by atoms with Crippen molar-refractivity contribution < 1.29 is 9.53 Å². The third kappa shape index (κ3) is 8.26. The summed E-state index contributed by atoms with van der Waals surface area (Å²) in [5, 5.41) is 12.9. The fourth-order valence-corrected chi connectivity index (χ4v) is 9.39. The molecular formula is C28H40Cl2O2Si. The Bertz CT molecular complexity index is 766. The van der Waals surface area contributed by atoms with Gasteiger partial charge in [0.25, 0.3) is 8.32 Å². The minimum Gasteiger partial charge on any atom is -0.401 e. The third-order valence-electron chi connectivity index (χ3n) is 6.05. The minimum atomic E-state index is -2.66. The SMILES string of the molecule is CC(C)(C)[Si](O[C@H](/C=C/[C@@H](O)CCCCCl)CCCCCl)(c1ccccc1)c1ccccc1. The van der Waals surface area contributed by atoms with Crippen LogP contribution in [0.4, 0.5) is 0 Å². The standard InChI is InChI=1S/C28H40Cl2O2Si/c1-28(2,3)33(26-16-6-4-7-17-26,27-18-8-5-9-19-27)32-25(15-11-13-23-30)21-20-24(31)14-10-12-22-29/h4-9,16-21,24-25,31H,10-15,22-23H2,1-3H3/b21-20+/t24-,25-/m0/s1. The van der Waals surface area contributed by atoms with E-state index in [0.29, 0.717) is 11.8 Å². The van der Waals surface area contributed by atoms with Gasteiger partial charge in [-0.15, -0.1) is 23.2 Å². The van der Waals surface area contributed by atoms with Crippen molar-refractivity contribution in [2.24, 2.45) is 0 Å². The van der Waals surface area contributed by atoms with Gasteiger partial charge in [-0.25, -0.2) is 0 Å². The molecule has 2 rings (SSSR count). The Labute approximate surface area is 212 Å². The number of halogens is 2. The van der Waals surface area contributed by atoms with Crippen molar-refractivity contribution in [2.45, 2.75) is 76.5 Å². The lowest BCUT2D eigenvalue weighted by molar-refractivity contribution is 0.198. The predicted octanol–water partition coefficient (Wildman–Crippen LogP) is 6.67. The third-order valence-corrected chi connectivity index (χ3v) is 11.6. The van der Waals surface area contributed by atoms with E-state index in [2.05, 4.69) is 87.5 Å². The zero-order chi connectivity index (χ0) is 24.2. The van der Waals surface area contributed by atoms with Gasteiger partial charge in [0.05, 0.1) is 12.2 Å². The van der Waals surface area contributed by atoms with Gasteiger partial charge >= 0.3 is 0 Å². The first-order valence-electron chi connectivity index (χ1n) is 12.1. The van der Waals surface area contributed by atoms with Crippen LogP contribution >= 0.6 is 23.2 Å². The van der Waals surface area contributed by atoms with Crippen LogP contribution in [0.25, 0.3) is 0 Å². The number of unbranched alkanes of at least 4 members (excludes halogenated alkanes) is 2. The molecule has 0 aliphatic rings. The van der Waals surface area contributed by atoms with Crippen LogP contribution in [0.1, 0.15) is 59.3 Å². The van der Waals surface area contributed by atoms with Crippen LogP contribution in [0.15, 0.2) is 72.8 Å². The van der Waals surface area contributed by atoms with Gasteiger partial charge in [-0.2, -0.15) is 0 Å². The molecule has 5 heteroatoms. The summed E-state index contributed by atoms with van der Waals surface area (Å²) < 4.78 is 7.27. The van der Waals surface area contributed by atoms with Crippen LogP contribution in [0.5, 0.6) is 0 Å². The van der Waals surface area contributed by atoms with Crippen molar-refractivity contribution in [2.75, 3.05) is 11.8 Å². The zero-order valence-electron chi connectivity index (χ0n) is 20.4. The smallest absolute Gasteiger partial charge is 0.261 e. The zero-order valence-corrected chi connectivity index (χ0v) is 22.9. The highest BCUT2D eigenvalue weighted by molar-refractivity contribution is 6.99. The maximum Gasteiger partial charge on any atom is 0.261 e. The van der Waals surface area contributed by atoms with Crippen molar-refractivity contribution in [1.29, 1.82) is 0 Å². The Kier molecular flexibility index (Phi) is 12.2. The number of rotatable bonds is 14. The van der Waals surface area contributed by atoms with E-state index in [1.807, 2.05) is 6.08 Å². The molecule has 0 aromatic heterocycles. The first-order valence-corrected chi connectivity index (χ1v) is 15.1. The number of hydrogen-bond acceptors (Lipinski definition) is 2. The van der Waals surface area contributed by atoms with Gasteiger partial charge in [0.1, 0.15) is 0 Å². The van der Waals surface area contributed by atoms with E-state index in [9.17, 15) is 5.11 Å². The van der Waals surface area contributed by atoms with Gasteiger partial charge in [-0.1, -0.05) is 93.6 Å². The molecule has 0 saturated heterocycles. The summed E-state index contributed by atoms with van der Waals surface area (Å²) in [5.74, 6) is 1.28. The Morgan fingerprint density at radius 2 is 1.27 bits per heavy atom. The molecule has 2 aromatic carbocycles. The molecule has 0 amide bonds. The predicted molar refractivity (Wildman–Crippen MR) is 147 cm³/mol. The molecule has 0 bridgehead atoms.